The van der Waals surface area contributed by atoms with Gasteiger partial charge in [0.1, 0.15) is 11.4 Å². The smallest absolute Gasteiger partial charge is 0.422 e. The third-order valence-electron chi connectivity index (χ3n) is 3.32. The first kappa shape index (κ1) is 18.7. The molecule has 7 nitrogen and oxygen atoms in total. The Labute approximate surface area is 144 Å². The van der Waals surface area contributed by atoms with E-state index in [4.69, 9.17) is 0 Å². The Balaban J connectivity index is 1.93. The van der Waals surface area contributed by atoms with Gasteiger partial charge in [-0.15, -0.1) is 0 Å². The van der Waals surface area contributed by atoms with E-state index in [1.807, 2.05) is 0 Å². The monoisotopic (exact) mass is 394 g/mol. The highest BCUT2D eigenvalue weighted by atomic mass is 19.4. The van der Waals surface area contributed by atoms with Crippen molar-refractivity contribution in [1.29, 1.82) is 0 Å². The molecule has 0 aliphatic rings. The normalized spacial score (nSPS) is 12.5. The molecule has 1 N–H and O–H groups in total. The lowest BCUT2D eigenvalue weighted by atomic mass is 10.0. The van der Waals surface area contributed by atoms with Gasteiger partial charge in [0, 0.05) is 6.42 Å². The molecule has 2 aromatic heterocycles. The summed E-state index contributed by atoms with van der Waals surface area (Å²) in [6.45, 7) is -1.87. The zero-order valence-corrected chi connectivity index (χ0v) is 13.0. The summed E-state index contributed by atoms with van der Waals surface area (Å²) in [6.07, 6.45) is -10.1. The van der Waals surface area contributed by atoms with E-state index in [2.05, 4.69) is 29.6 Å². The molecule has 0 bridgehead atoms. The van der Waals surface area contributed by atoms with Crippen molar-refractivity contribution in [2.75, 3.05) is 6.61 Å². The molecule has 0 aliphatic heterocycles. The lowest BCUT2D eigenvalue weighted by Gasteiger charge is -2.16. The molecular formula is C14H8F6N4O3. The molecule has 0 aliphatic carbocycles. The quantitative estimate of drug-likeness (QED) is 0.684. The summed E-state index contributed by atoms with van der Waals surface area (Å²) in [5.41, 5.74) is -2.39. The van der Waals surface area contributed by atoms with Gasteiger partial charge < -0.3 is 4.74 Å². The van der Waals surface area contributed by atoms with E-state index >= 15 is 0 Å². The van der Waals surface area contributed by atoms with Gasteiger partial charge in [-0.25, -0.2) is 9.61 Å². The van der Waals surface area contributed by atoms with Gasteiger partial charge in [-0.1, -0.05) is 6.07 Å². The second kappa shape index (κ2) is 6.55. The van der Waals surface area contributed by atoms with E-state index in [0.29, 0.717) is 6.07 Å². The Morgan fingerprint density at radius 1 is 1.11 bits per heavy atom. The van der Waals surface area contributed by atoms with Gasteiger partial charge in [-0.3, -0.25) is 9.78 Å². The summed E-state index contributed by atoms with van der Waals surface area (Å²) in [5, 5.41) is 6.77. The standard InChI is InChI=1S/C14H8F6N4O3/c15-13(16,17)5-26-9-2-1-6(3-7(9)14(18,19)20)4-8-12(25)22-11-10(21-8)23-27-24-11/h1-3H,4-5H2,(H,22,24,25). The van der Waals surface area contributed by atoms with Crippen LogP contribution in [0.1, 0.15) is 16.8 Å². The van der Waals surface area contributed by atoms with Crippen LogP contribution in [0.25, 0.3) is 11.3 Å². The van der Waals surface area contributed by atoms with Crippen LogP contribution in [0.3, 0.4) is 0 Å². The van der Waals surface area contributed by atoms with Gasteiger partial charge in [0.2, 0.25) is 11.3 Å². The molecule has 1 aromatic carbocycles. The minimum atomic E-state index is -4.96. The number of aromatic nitrogens is 4. The Bertz CT molecular complexity index is 1020. The highest BCUT2D eigenvalue weighted by molar-refractivity contribution is 5.62. The van der Waals surface area contributed by atoms with E-state index in [-0.39, 0.29) is 29.0 Å². The summed E-state index contributed by atoms with van der Waals surface area (Å²) in [4.78, 5) is 18.0. The number of halogens is 6. The molecule has 0 atom stereocenters. The highest BCUT2D eigenvalue weighted by Gasteiger charge is 2.36. The lowest BCUT2D eigenvalue weighted by molar-refractivity contribution is -0.158. The van der Waals surface area contributed by atoms with Crippen molar-refractivity contribution in [3.05, 3.63) is 45.4 Å². The molecule has 0 saturated carbocycles. The van der Waals surface area contributed by atoms with Gasteiger partial charge >= 0.3 is 12.4 Å². The van der Waals surface area contributed by atoms with E-state index in [9.17, 15) is 31.1 Å². The lowest BCUT2D eigenvalue weighted by Crippen LogP contribution is -2.21. The first-order chi connectivity index (χ1) is 12.5. The summed E-state index contributed by atoms with van der Waals surface area (Å²) < 4.78 is 84.7. The number of nitrogens with zero attached hydrogens (tertiary/aromatic N) is 3. The number of benzene rings is 1. The average Bonchev–Trinajstić information content (AvgIpc) is 2.99. The van der Waals surface area contributed by atoms with Crippen molar-refractivity contribution in [3.63, 3.8) is 0 Å². The van der Waals surface area contributed by atoms with Crippen molar-refractivity contribution in [2.24, 2.45) is 0 Å². The van der Waals surface area contributed by atoms with Crippen LogP contribution >= 0.6 is 0 Å². The van der Waals surface area contributed by atoms with Crippen LogP contribution in [0.4, 0.5) is 26.3 Å². The second-order valence-corrected chi connectivity index (χ2v) is 5.36. The number of ether oxygens (including phenoxy) is 1. The Morgan fingerprint density at radius 2 is 1.85 bits per heavy atom. The molecule has 0 fully saturated rings. The minimum Gasteiger partial charge on any atom is -0.483 e. The Morgan fingerprint density at radius 3 is 2.52 bits per heavy atom. The van der Waals surface area contributed by atoms with E-state index in [1.54, 1.807) is 0 Å². The molecule has 0 amide bonds. The van der Waals surface area contributed by atoms with E-state index in [0.717, 1.165) is 12.1 Å². The molecule has 27 heavy (non-hydrogen) atoms. The number of aromatic amines is 1. The first-order valence-electron chi connectivity index (χ1n) is 7.14. The zero-order chi connectivity index (χ0) is 19.8. The molecule has 2 heterocycles. The fourth-order valence-corrected chi connectivity index (χ4v) is 2.20. The van der Waals surface area contributed by atoms with Crippen LogP contribution in [0.5, 0.6) is 5.75 Å². The predicted octanol–water partition coefficient (Wildman–Crippen LogP) is 2.86. The van der Waals surface area contributed by atoms with Crippen LogP contribution in [0.15, 0.2) is 27.6 Å². The fraction of sp³-hybridized carbons (Fsp3) is 0.286. The topological polar surface area (TPSA) is 93.9 Å². The summed E-state index contributed by atoms with van der Waals surface area (Å²) in [7, 11) is 0. The van der Waals surface area contributed by atoms with Crippen LogP contribution in [-0.4, -0.2) is 33.1 Å². The van der Waals surface area contributed by atoms with E-state index < -0.39 is 35.8 Å². The molecule has 0 radical (unpaired) electrons. The average molecular weight is 394 g/mol. The number of hydrogen-bond acceptors (Lipinski definition) is 6. The predicted molar refractivity (Wildman–Crippen MR) is 76.0 cm³/mol. The van der Waals surface area contributed by atoms with Gasteiger partial charge in [-0.05, 0) is 28.0 Å². The third-order valence-corrected chi connectivity index (χ3v) is 3.32. The number of nitrogens with one attached hydrogen (secondary N) is 1. The number of fused-ring (bicyclic) bond motifs is 1. The summed E-state index contributed by atoms with van der Waals surface area (Å²) >= 11 is 0. The Kier molecular flexibility index (Phi) is 4.53. The minimum absolute atomic E-state index is 0.0181. The molecule has 3 aromatic rings. The van der Waals surface area contributed by atoms with Crippen molar-refractivity contribution >= 4 is 11.3 Å². The second-order valence-electron chi connectivity index (χ2n) is 5.36. The molecular weight excluding hydrogens is 386 g/mol. The van der Waals surface area contributed by atoms with Crippen molar-refractivity contribution in [2.45, 2.75) is 18.8 Å². The van der Waals surface area contributed by atoms with Crippen LogP contribution < -0.4 is 10.3 Å². The number of alkyl halides is 6. The molecule has 0 unspecified atom stereocenters. The molecule has 3 rings (SSSR count). The maximum absolute atomic E-state index is 13.2. The molecule has 13 heteroatoms. The van der Waals surface area contributed by atoms with Gasteiger partial charge in [0.15, 0.2) is 6.61 Å². The number of hydrogen-bond donors (Lipinski definition) is 1. The van der Waals surface area contributed by atoms with Crippen LogP contribution in [0.2, 0.25) is 0 Å². The third kappa shape index (κ3) is 4.35. The fourth-order valence-electron chi connectivity index (χ4n) is 2.20. The zero-order valence-electron chi connectivity index (χ0n) is 13.0. The maximum Gasteiger partial charge on any atom is 0.422 e. The summed E-state index contributed by atoms with van der Waals surface area (Å²) in [6, 6.07) is 2.46. The van der Waals surface area contributed by atoms with Crippen molar-refractivity contribution in [3.8, 4) is 5.75 Å². The van der Waals surface area contributed by atoms with Gasteiger partial charge in [0.25, 0.3) is 5.56 Å². The molecule has 0 saturated heterocycles. The van der Waals surface area contributed by atoms with Crippen LogP contribution in [-0.2, 0) is 12.6 Å². The van der Waals surface area contributed by atoms with E-state index in [1.165, 1.54) is 0 Å². The molecule has 0 spiro atoms. The maximum atomic E-state index is 13.2. The SMILES string of the molecule is O=c1[nH]c2nonc2nc1Cc1ccc(OCC(F)(F)F)c(C(F)(F)F)c1. The van der Waals surface area contributed by atoms with Crippen molar-refractivity contribution in [1.82, 2.24) is 20.3 Å². The first-order valence-corrected chi connectivity index (χ1v) is 7.14. The highest BCUT2D eigenvalue weighted by Crippen LogP contribution is 2.37. The summed E-state index contributed by atoms with van der Waals surface area (Å²) in [5.74, 6) is -0.971. The molecule has 144 valence electrons. The number of H-pyrrole nitrogens is 1. The number of rotatable bonds is 4. The largest absolute Gasteiger partial charge is 0.483 e. The van der Waals surface area contributed by atoms with Crippen LogP contribution in [0, 0.1) is 0 Å². The van der Waals surface area contributed by atoms with Gasteiger partial charge in [0.05, 0.1) is 5.56 Å². The Hall–Kier alpha value is -3.12. The van der Waals surface area contributed by atoms with Gasteiger partial charge in [-0.2, -0.15) is 26.3 Å². The van der Waals surface area contributed by atoms with Crippen molar-refractivity contribution < 1.29 is 35.7 Å².